The minimum Gasteiger partial charge on any atom is -0.382 e. The number of anilines is 1. The molecule has 0 amide bonds. The lowest BCUT2D eigenvalue weighted by Gasteiger charge is -2.19. The third-order valence-electron chi connectivity index (χ3n) is 3.26. The first kappa shape index (κ1) is 11.0. The van der Waals surface area contributed by atoms with Crippen LogP contribution in [0.2, 0.25) is 0 Å². The quantitative estimate of drug-likeness (QED) is 0.840. The molecule has 0 aliphatic heterocycles. The van der Waals surface area contributed by atoms with Gasteiger partial charge in [0.2, 0.25) is 0 Å². The van der Waals surface area contributed by atoms with Gasteiger partial charge >= 0.3 is 0 Å². The lowest BCUT2D eigenvalue weighted by atomic mass is 10.1. The Hall–Kier alpha value is -0.500. The van der Waals surface area contributed by atoms with E-state index < -0.39 is 0 Å². The maximum absolute atomic E-state index is 3.64. The molecule has 1 aliphatic rings. The topological polar surface area (TPSA) is 12.0 Å². The minimum atomic E-state index is 0.665. The molecule has 2 unspecified atom stereocenters. The molecular weight excluding hydrogens is 250 g/mol. The third kappa shape index (κ3) is 2.75. The van der Waals surface area contributed by atoms with Gasteiger partial charge in [-0.25, -0.2) is 0 Å². The van der Waals surface area contributed by atoms with Gasteiger partial charge < -0.3 is 5.32 Å². The van der Waals surface area contributed by atoms with E-state index in [-0.39, 0.29) is 0 Å². The Kier molecular flexibility index (Phi) is 3.35. The second kappa shape index (κ2) is 4.56. The van der Waals surface area contributed by atoms with Crippen LogP contribution in [0.1, 0.15) is 31.7 Å². The summed E-state index contributed by atoms with van der Waals surface area (Å²) in [4.78, 5) is 0. The maximum atomic E-state index is 3.64. The molecule has 1 N–H and O–H groups in total. The van der Waals surface area contributed by atoms with Crippen molar-refractivity contribution in [2.75, 3.05) is 5.32 Å². The van der Waals surface area contributed by atoms with E-state index in [0.717, 1.165) is 10.4 Å². The summed E-state index contributed by atoms with van der Waals surface area (Å²) in [6.45, 7) is 4.48. The van der Waals surface area contributed by atoms with Crippen LogP contribution in [0, 0.1) is 12.8 Å². The zero-order valence-electron chi connectivity index (χ0n) is 9.39. The van der Waals surface area contributed by atoms with Gasteiger partial charge in [-0.1, -0.05) is 29.3 Å². The largest absolute Gasteiger partial charge is 0.382 e. The van der Waals surface area contributed by atoms with Crippen LogP contribution in [-0.4, -0.2) is 6.04 Å². The van der Waals surface area contributed by atoms with Crippen molar-refractivity contribution in [3.05, 3.63) is 28.2 Å². The molecule has 2 atom stereocenters. The standard InChI is InChI=1S/C13H18BrN/c1-9-6-11(14)8-12(7-9)15-13-5-3-4-10(13)2/h6-8,10,13,15H,3-5H2,1-2H3. The zero-order valence-corrected chi connectivity index (χ0v) is 11.0. The van der Waals surface area contributed by atoms with Crippen molar-refractivity contribution in [3.63, 3.8) is 0 Å². The first-order valence-corrected chi connectivity index (χ1v) is 6.48. The molecule has 1 aromatic carbocycles. The molecule has 0 heterocycles. The van der Waals surface area contributed by atoms with Crippen LogP contribution in [0.5, 0.6) is 0 Å². The summed E-state index contributed by atoms with van der Waals surface area (Å²) in [6, 6.07) is 7.19. The molecular formula is C13H18BrN. The maximum Gasteiger partial charge on any atom is 0.0356 e. The van der Waals surface area contributed by atoms with Crippen LogP contribution in [0.25, 0.3) is 0 Å². The summed E-state index contributed by atoms with van der Waals surface area (Å²) in [5.41, 5.74) is 2.55. The predicted molar refractivity (Wildman–Crippen MR) is 69.3 cm³/mol. The van der Waals surface area contributed by atoms with Gasteiger partial charge in [0.25, 0.3) is 0 Å². The van der Waals surface area contributed by atoms with Gasteiger partial charge in [-0.2, -0.15) is 0 Å². The minimum absolute atomic E-state index is 0.665. The number of aryl methyl sites for hydroxylation is 1. The summed E-state index contributed by atoms with van der Waals surface area (Å²) < 4.78 is 1.16. The number of hydrogen-bond acceptors (Lipinski definition) is 1. The van der Waals surface area contributed by atoms with Crippen molar-refractivity contribution in [2.45, 2.75) is 39.2 Å². The Morgan fingerprint density at radius 3 is 2.67 bits per heavy atom. The Labute approximate surface area is 100 Å². The summed E-state index contributed by atoms with van der Waals surface area (Å²) in [5, 5.41) is 3.64. The molecule has 2 rings (SSSR count). The molecule has 1 aromatic rings. The number of halogens is 1. The van der Waals surface area contributed by atoms with Crippen molar-refractivity contribution in [3.8, 4) is 0 Å². The Balaban J connectivity index is 2.10. The van der Waals surface area contributed by atoms with Crippen LogP contribution >= 0.6 is 15.9 Å². The van der Waals surface area contributed by atoms with Crippen LogP contribution in [0.4, 0.5) is 5.69 Å². The van der Waals surface area contributed by atoms with Gasteiger partial charge in [0, 0.05) is 16.2 Å². The van der Waals surface area contributed by atoms with Gasteiger partial charge in [-0.05, 0) is 49.4 Å². The summed E-state index contributed by atoms with van der Waals surface area (Å²) in [7, 11) is 0. The molecule has 0 aromatic heterocycles. The lowest BCUT2D eigenvalue weighted by molar-refractivity contribution is 0.556. The fraction of sp³-hybridized carbons (Fsp3) is 0.538. The molecule has 1 fully saturated rings. The summed E-state index contributed by atoms with van der Waals surface area (Å²) in [5.74, 6) is 0.810. The molecule has 15 heavy (non-hydrogen) atoms. The van der Waals surface area contributed by atoms with E-state index in [9.17, 15) is 0 Å². The molecule has 1 saturated carbocycles. The van der Waals surface area contributed by atoms with Crippen molar-refractivity contribution >= 4 is 21.6 Å². The molecule has 1 aliphatic carbocycles. The first-order chi connectivity index (χ1) is 7.15. The predicted octanol–water partition coefficient (Wildman–Crippen LogP) is 4.36. The molecule has 0 saturated heterocycles. The smallest absolute Gasteiger partial charge is 0.0356 e. The molecule has 82 valence electrons. The van der Waals surface area contributed by atoms with Crippen molar-refractivity contribution < 1.29 is 0 Å². The Morgan fingerprint density at radius 2 is 2.07 bits per heavy atom. The van der Waals surface area contributed by atoms with E-state index in [1.54, 1.807) is 0 Å². The zero-order chi connectivity index (χ0) is 10.8. The second-order valence-electron chi connectivity index (χ2n) is 4.68. The van der Waals surface area contributed by atoms with Crippen LogP contribution in [0.3, 0.4) is 0 Å². The van der Waals surface area contributed by atoms with Crippen molar-refractivity contribution in [2.24, 2.45) is 5.92 Å². The van der Waals surface area contributed by atoms with Gasteiger partial charge in [0.05, 0.1) is 0 Å². The highest BCUT2D eigenvalue weighted by Gasteiger charge is 2.22. The lowest BCUT2D eigenvalue weighted by Crippen LogP contribution is -2.21. The van der Waals surface area contributed by atoms with E-state index >= 15 is 0 Å². The van der Waals surface area contributed by atoms with Crippen LogP contribution < -0.4 is 5.32 Å². The van der Waals surface area contributed by atoms with Crippen molar-refractivity contribution in [1.82, 2.24) is 0 Å². The highest BCUT2D eigenvalue weighted by molar-refractivity contribution is 9.10. The molecule has 0 spiro atoms. The number of rotatable bonds is 2. The monoisotopic (exact) mass is 267 g/mol. The second-order valence-corrected chi connectivity index (χ2v) is 5.59. The Morgan fingerprint density at radius 1 is 1.27 bits per heavy atom. The van der Waals surface area contributed by atoms with Gasteiger partial charge in [0.1, 0.15) is 0 Å². The van der Waals surface area contributed by atoms with Gasteiger partial charge in [-0.3, -0.25) is 0 Å². The van der Waals surface area contributed by atoms with E-state index in [1.807, 2.05) is 0 Å². The van der Waals surface area contributed by atoms with E-state index in [4.69, 9.17) is 0 Å². The highest BCUT2D eigenvalue weighted by atomic mass is 79.9. The molecule has 1 nitrogen and oxygen atoms in total. The summed E-state index contributed by atoms with van der Waals surface area (Å²) in [6.07, 6.45) is 4.04. The van der Waals surface area contributed by atoms with E-state index in [1.165, 1.54) is 30.5 Å². The number of hydrogen-bond donors (Lipinski definition) is 1. The van der Waals surface area contributed by atoms with Gasteiger partial charge in [-0.15, -0.1) is 0 Å². The summed E-state index contributed by atoms with van der Waals surface area (Å²) >= 11 is 3.54. The number of nitrogens with one attached hydrogen (secondary N) is 1. The van der Waals surface area contributed by atoms with Gasteiger partial charge in [0.15, 0.2) is 0 Å². The average molecular weight is 268 g/mol. The normalized spacial score (nSPS) is 25.5. The number of benzene rings is 1. The van der Waals surface area contributed by atoms with E-state index in [2.05, 4.69) is 53.3 Å². The SMILES string of the molecule is Cc1cc(Br)cc(NC2CCCC2C)c1. The van der Waals surface area contributed by atoms with Crippen LogP contribution in [-0.2, 0) is 0 Å². The third-order valence-corrected chi connectivity index (χ3v) is 3.71. The molecule has 2 heteroatoms. The highest BCUT2D eigenvalue weighted by Crippen LogP contribution is 2.29. The average Bonchev–Trinajstić information content (AvgIpc) is 2.50. The van der Waals surface area contributed by atoms with E-state index in [0.29, 0.717) is 6.04 Å². The van der Waals surface area contributed by atoms with Crippen molar-refractivity contribution in [1.29, 1.82) is 0 Å². The Bertz CT molecular complexity index is 328. The van der Waals surface area contributed by atoms with Crippen LogP contribution in [0.15, 0.2) is 22.7 Å². The molecule has 0 radical (unpaired) electrons. The molecule has 0 bridgehead atoms. The first-order valence-electron chi connectivity index (χ1n) is 5.69. The fourth-order valence-corrected chi connectivity index (χ4v) is 3.00. The fourth-order valence-electron chi connectivity index (χ4n) is 2.39.